The van der Waals surface area contributed by atoms with E-state index < -0.39 is 23.0 Å². The van der Waals surface area contributed by atoms with E-state index in [0.29, 0.717) is 40.5 Å². The Balaban J connectivity index is 1.73. The zero-order valence-corrected chi connectivity index (χ0v) is 15.4. The summed E-state index contributed by atoms with van der Waals surface area (Å²) in [6.45, 7) is -0.281. The predicted molar refractivity (Wildman–Crippen MR) is 107 cm³/mol. The Morgan fingerprint density at radius 3 is 2.27 bits per heavy atom. The number of rotatable bonds is 4. The lowest BCUT2D eigenvalue weighted by Crippen LogP contribution is -2.14. The molecular weight excluding hydrogens is 397 g/mol. The van der Waals surface area contributed by atoms with Crippen molar-refractivity contribution in [2.24, 2.45) is 0 Å². The van der Waals surface area contributed by atoms with E-state index in [1.807, 2.05) is 0 Å². The lowest BCUT2D eigenvalue weighted by Gasteiger charge is -2.13. The Bertz CT molecular complexity index is 1310. The molecule has 152 valence electrons. The molecule has 6 nitrogen and oxygen atoms in total. The third-order valence-electron chi connectivity index (χ3n) is 4.55. The first-order valence-corrected chi connectivity index (χ1v) is 8.77. The first-order chi connectivity index (χ1) is 14.3. The van der Waals surface area contributed by atoms with Crippen LogP contribution in [0.2, 0.25) is 0 Å². The quantitative estimate of drug-likeness (QED) is 0.497. The van der Waals surface area contributed by atoms with Gasteiger partial charge in [0.2, 0.25) is 0 Å². The highest BCUT2D eigenvalue weighted by Gasteiger charge is 2.14. The molecule has 3 aromatic carbocycles. The van der Waals surface area contributed by atoms with Crippen molar-refractivity contribution in [3.05, 3.63) is 88.2 Å². The maximum Gasteiger partial charge on any atom is 0.280 e. The van der Waals surface area contributed by atoms with Crippen LogP contribution in [0.4, 0.5) is 24.5 Å². The van der Waals surface area contributed by atoms with Crippen molar-refractivity contribution in [1.82, 2.24) is 9.55 Å². The molecule has 4 rings (SSSR count). The minimum atomic E-state index is -1.03. The van der Waals surface area contributed by atoms with Crippen molar-refractivity contribution in [3.63, 3.8) is 0 Å². The van der Waals surface area contributed by atoms with Crippen molar-refractivity contribution >= 4 is 22.3 Å². The summed E-state index contributed by atoms with van der Waals surface area (Å²) in [7, 11) is 0. The Morgan fingerprint density at radius 2 is 1.57 bits per heavy atom. The van der Waals surface area contributed by atoms with Crippen LogP contribution >= 0.6 is 0 Å². The summed E-state index contributed by atoms with van der Waals surface area (Å²) in [4.78, 5) is 16.0. The van der Waals surface area contributed by atoms with Crippen LogP contribution in [0.15, 0.2) is 59.7 Å². The fraction of sp³-hybridized carbons (Fsp3) is 0.0476. The molecule has 0 bridgehead atoms. The van der Waals surface area contributed by atoms with Crippen LogP contribution in [0.3, 0.4) is 0 Å². The predicted octanol–water partition coefficient (Wildman–Crippen LogP) is 3.82. The molecule has 1 aromatic heterocycles. The third kappa shape index (κ3) is 3.64. The lowest BCUT2D eigenvalue weighted by atomic mass is 10.1. The van der Waals surface area contributed by atoms with E-state index >= 15 is 0 Å². The van der Waals surface area contributed by atoms with E-state index in [0.717, 1.165) is 0 Å². The number of fused-ring (bicyclic) bond motifs is 1. The standard InChI is InChI=1S/C21H15F3N4O2/c22-11-5-16(23)15(17(24)6-11)9-28-10-27-21(29)14-7-12(2-4-20(14)28)30-13-1-3-18(25)19(26)8-13/h1-8,10H,9,25-26H2. The van der Waals surface area contributed by atoms with Crippen molar-refractivity contribution in [3.8, 4) is 11.5 Å². The minimum Gasteiger partial charge on any atom is -0.457 e. The largest absolute Gasteiger partial charge is 0.457 e. The van der Waals surface area contributed by atoms with Gasteiger partial charge in [-0.3, -0.25) is 4.79 Å². The van der Waals surface area contributed by atoms with Crippen LogP contribution in [-0.2, 0) is 6.54 Å². The van der Waals surface area contributed by atoms with Crippen molar-refractivity contribution in [2.75, 3.05) is 11.5 Å². The maximum absolute atomic E-state index is 14.0. The molecule has 1 heterocycles. The first kappa shape index (κ1) is 19.3. The van der Waals surface area contributed by atoms with Gasteiger partial charge < -0.3 is 20.8 Å². The van der Waals surface area contributed by atoms with Gasteiger partial charge in [-0.05, 0) is 30.3 Å². The zero-order valence-electron chi connectivity index (χ0n) is 15.4. The van der Waals surface area contributed by atoms with Crippen molar-refractivity contribution in [1.29, 1.82) is 0 Å². The second-order valence-corrected chi connectivity index (χ2v) is 6.60. The fourth-order valence-corrected chi connectivity index (χ4v) is 3.03. The molecular formula is C21H15F3N4O2. The van der Waals surface area contributed by atoms with Crippen molar-refractivity contribution in [2.45, 2.75) is 6.54 Å². The molecule has 9 heteroatoms. The van der Waals surface area contributed by atoms with Crippen LogP contribution < -0.4 is 21.8 Å². The van der Waals surface area contributed by atoms with Crippen LogP contribution in [0.25, 0.3) is 10.9 Å². The number of hydrogen-bond acceptors (Lipinski definition) is 5. The molecule has 4 N–H and O–H groups in total. The van der Waals surface area contributed by atoms with Crippen LogP contribution in [0.5, 0.6) is 11.5 Å². The highest BCUT2D eigenvalue weighted by atomic mass is 19.1. The van der Waals surface area contributed by atoms with Gasteiger partial charge in [0.15, 0.2) is 0 Å². The third-order valence-corrected chi connectivity index (χ3v) is 4.55. The molecule has 0 saturated carbocycles. The molecule has 0 atom stereocenters. The Kier molecular flexibility index (Phi) is 4.78. The molecule has 0 fully saturated rings. The van der Waals surface area contributed by atoms with Gasteiger partial charge in [0.25, 0.3) is 5.56 Å². The van der Waals surface area contributed by atoms with E-state index in [9.17, 15) is 18.0 Å². The Labute approximate surface area is 168 Å². The van der Waals surface area contributed by atoms with E-state index in [1.165, 1.54) is 17.0 Å². The molecule has 0 aliphatic heterocycles. The molecule has 0 amide bonds. The van der Waals surface area contributed by atoms with E-state index in [-0.39, 0.29) is 17.5 Å². The topological polar surface area (TPSA) is 96.2 Å². The van der Waals surface area contributed by atoms with Gasteiger partial charge in [0.1, 0.15) is 29.0 Å². The van der Waals surface area contributed by atoms with Crippen LogP contribution in [-0.4, -0.2) is 9.55 Å². The zero-order chi connectivity index (χ0) is 21.4. The van der Waals surface area contributed by atoms with Gasteiger partial charge in [0, 0.05) is 23.8 Å². The van der Waals surface area contributed by atoms with Crippen LogP contribution in [0.1, 0.15) is 5.56 Å². The van der Waals surface area contributed by atoms with E-state index in [2.05, 4.69) is 4.98 Å². The molecule has 0 unspecified atom stereocenters. The van der Waals surface area contributed by atoms with Gasteiger partial charge >= 0.3 is 0 Å². The van der Waals surface area contributed by atoms with Gasteiger partial charge in [0.05, 0.1) is 35.1 Å². The molecule has 4 aromatic rings. The number of nitrogens with two attached hydrogens (primary N) is 2. The summed E-state index contributed by atoms with van der Waals surface area (Å²) in [6.07, 6.45) is 1.17. The summed E-state index contributed by atoms with van der Waals surface area (Å²) in [5.74, 6) is -2.31. The summed E-state index contributed by atoms with van der Waals surface area (Å²) >= 11 is 0. The normalized spacial score (nSPS) is 11.0. The second kappa shape index (κ2) is 7.43. The van der Waals surface area contributed by atoms with Crippen molar-refractivity contribution < 1.29 is 17.9 Å². The second-order valence-electron chi connectivity index (χ2n) is 6.60. The monoisotopic (exact) mass is 412 g/mol. The Hall–Kier alpha value is -4.01. The summed E-state index contributed by atoms with van der Waals surface area (Å²) in [5.41, 5.74) is 11.7. The number of halogens is 3. The average molecular weight is 412 g/mol. The smallest absolute Gasteiger partial charge is 0.280 e. The maximum atomic E-state index is 14.0. The number of anilines is 2. The SMILES string of the molecule is Nc1ccc(Oc2ccc3c(c2)c(=O)ncn3Cc2c(F)cc(F)cc2F)cc1N. The molecule has 30 heavy (non-hydrogen) atoms. The van der Waals surface area contributed by atoms with Gasteiger partial charge in [-0.15, -0.1) is 0 Å². The fourth-order valence-electron chi connectivity index (χ4n) is 3.03. The highest BCUT2D eigenvalue weighted by Crippen LogP contribution is 2.28. The minimum absolute atomic E-state index is 0.182. The number of nitrogens with zero attached hydrogens (tertiary/aromatic N) is 2. The molecule has 0 aliphatic rings. The van der Waals surface area contributed by atoms with Gasteiger partial charge in [-0.25, -0.2) is 13.2 Å². The summed E-state index contributed by atoms with van der Waals surface area (Å²) in [6, 6.07) is 10.6. The molecule has 0 spiro atoms. The van der Waals surface area contributed by atoms with E-state index in [4.69, 9.17) is 16.2 Å². The first-order valence-electron chi connectivity index (χ1n) is 8.77. The molecule has 0 aliphatic carbocycles. The highest BCUT2D eigenvalue weighted by molar-refractivity contribution is 5.80. The van der Waals surface area contributed by atoms with Gasteiger partial charge in [-0.1, -0.05) is 0 Å². The number of hydrogen-bond donors (Lipinski definition) is 2. The van der Waals surface area contributed by atoms with Crippen LogP contribution in [0, 0.1) is 17.5 Å². The molecule has 0 saturated heterocycles. The number of ether oxygens (including phenoxy) is 1. The summed E-state index contributed by atoms with van der Waals surface area (Å²) < 4.78 is 48.3. The number of benzene rings is 3. The number of aromatic nitrogens is 2. The summed E-state index contributed by atoms with van der Waals surface area (Å²) in [5, 5.41) is 0.182. The average Bonchev–Trinajstić information content (AvgIpc) is 2.69. The number of nitrogen functional groups attached to an aromatic ring is 2. The van der Waals surface area contributed by atoms with E-state index in [1.54, 1.807) is 30.3 Å². The Morgan fingerprint density at radius 1 is 0.900 bits per heavy atom. The van der Waals surface area contributed by atoms with Gasteiger partial charge in [-0.2, -0.15) is 4.98 Å². The molecule has 0 radical (unpaired) electrons. The lowest BCUT2D eigenvalue weighted by molar-refractivity contribution is 0.483.